The largest absolute Gasteiger partial charge is 0.416 e. The lowest BCUT2D eigenvalue weighted by molar-refractivity contribution is -0.137. The maximum absolute atomic E-state index is 12.9. The average molecular weight is 549 g/mol. The Balaban J connectivity index is 1.65. The van der Waals surface area contributed by atoms with E-state index < -0.39 is 27.7 Å². The molecular weight excluding hydrogens is 536 g/mol. The van der Waals surface area contributed by atoms with Gasteiger partial charge in [0.2, 0.25) is 0 Å². The Hall–Kier alpha value is -2.67. The molecule has 0 bridgehead atoms. The number of rotatable bonds is 5. The Morgan fingerprint density at radius 1 is 1.12 bits per heavy atom. The van der Waals surface area contributed by atoms with Gasteiger partial charge in [-0.3, -0.25) is 4.79 Å². The standard InChI is InChI=1S/C20H13Cl2F3N4O3S2/c1-10-26-14-4-5-15(19(30)28-34(31,32)17-7-6-16(22)33-17)27-18(14)29(10)9-11-2-3-12(8-13(11)21)20(23,24)25/h2-8H,9H2,1H3,(H,28,30). The molecule has 0 radical (unpaired) electrons. The highest BCUT2D eigenvalue weighted by Crippen LogP contribution is 2.32. The molecule has 0 unspecified atom stereocenters. The maximum Gasteiger partial charge on any atom is 0.416 e. The zero-order chi connectivity index (χ0) is 24.8. The fourth-order valence-corrected chi connectivity index (χ4v) is 5.80. The predicted molar refractivity (Wildman–Crippen MR) is 122 cm³/mol. The molecule has 3 heterocycles. The number of carbonyl (C=O) groups excluding carboxylic acids is 1. The number of nitrogens with one attached hydrogen (secondary N) is 1. The molecule has 3 aromatic heterocycles. The number of aryl methyl sites for hydroxylation is 1. The molecule has 1 amide bonds. The molecule has 0 saturated carbocycles. The highest BCUT2D eigenvalue weighted by molar-refractivity contribution is 7.92. The Bertz CT molecular complexity index is 1530. The molecule has 4 rings (SSSR count). The number of aromatic nitrogens is 3. The zero-order valence-electron chi connectivity index (χ0n) is 17.0. The molecule has 0 aliphatic heterocycles. The number of benzene rings is 1. The summed E-state index contributed by atoms with van der Waals surface area (Å²) in [5.41, 5.74) is -0.0503. The van der Waals surface area contributed by atoms with E-state index in [4.69, 9.17) is 23.2 Å². The van der Waals surface area contributed by atoms with Crippen LogP contribution in [0.3, 0.4) is 0 Å². The van der Waals surface area contributed by atoms with Crippen LogP contribution >= 0.6 is 34.5 Å². The number of thiophene rings is 1. The van der Waals surface area contributed by atoms with Gasteiger partial charge in [-0.15, -0.1) is 11.3 Å². The van der Waals surface area contributed by atoms with Crippen LogP contribution in [-0.2, 0) is 22.7 Å². The highest BCUT2D eigenvalue weighted by Gasteiger charge is 2.31. The van der Waals surface area contributed by atoms with Crippen molar-refractivity contribution in [2.24, 2.45) is 0 Å². The molecule has 0 aliphatic rings. The number of sulfonamides is 1. The fraction of sp³-hybridized carbons (Fsp3) is 0.150. The van der Waals surface area contributed by atoms with E-state index in [2.05, 4.69) is 9.97 Å². The van der Waals surface area contributed by atoms with E-state index in [1.165, 1.54) is 30.3 Å². The Morgan fingerprint density at radius 3 is 2.47 bits per heavy atom. The van der Waals surface area contributed by atoms with Crippen molar-refractivity contribution >= 4 is 61.6 Å². The first-order chi connectivity index (χ1) is 15.8. The molecule has 1 aromatic carbocycles. The molecule has 0 atom stereocenters. The van der Waals surface area contributed by atoms with Gasteiger partial charge in [0, 0.05) is 5.02 Å². The summed E-state index contributed by atoms with van der Waals surface area (Å²) in [5, 5.41) is -0.0920. The van der Waals surface area contributed by atoms with E-state index in [1.807, 2.05) is 4.72 Å². The minimum atomic E-state index is -4.53. The SMILES string of the molecule is Cc1nc2ccc(C(=O)NS(=O)(=O)c3ccc(Cl)s3)nc2n1Cc1ccc(C(F)(F)F)cc1Cl. The van der Waals surface area contributed by atoms with Crippen molar-refractivity contribution in [2.75, 3.05) is 0 Å². The van der Waals surface area contributed by atoms with Gasteiger partial charge in [0.25, 0.3) is 15.9 Å². The lowest BCUT2D eigenvalue weighted by atomic mass is 10.1. The van der Waals surface area contributed by atoms with Gasteiger partial charge in [0.15, 0.2) is 5.65 Å². The van der Waals surface area contributed by atoms with Crippen molar-refractivity contribution in [2.45, 2.75) is 23.9 Å². The first-order valence-corrected chi connectivity index (χ1v) is 12.4. The van der Waals surface area contributed by atoms with Crippen molar-refractivity contribution in [3.05, 3.63) is 74.5 Å². The van der Waals surface area contributed by atoms with Crippen LogP contribution in [0.4, 0.5) is 13.2 Å². The van der Waals surface area contributed by atoms with Crippen LogP contribution in [0.15, 0.2) is 46.7 Å². The number of imidazole rings is 1. The Kier molecular flexibility index (Phi) is 6.36. The number of fused-ring (bicyclic) bond motifs is 1. The summed E-state index contributed by atoms with van der Waals surface area (Å²) < 4.78 is 67.2. The third-order valence-electron chi connectivity index (χ3n) is 4.77. The summed E-state index contributed by atoms with van der Waals surface area (Å²) >= 11 is 12.6. The zero-order valence-corrected chi connectivity index (χ0v) is 20.2. The quantitative estimate of drug-likeness (QED) is 0.365. The summed E-state index contributed by atoms with van der Waals surface area (Å²) in [4.78, 5) is 21.2. The van der Waals surface area contributed by atoms with Crippen LogP contribution in [0.25, 0.3) is 11.2 Å². The van der Waals surface area contributed by atoms with Crippen LogP contribution in [0.1, 0.15) is 27.4 Å². The van der Waals surface area contributed by atoms with E-state index in [-0.39, 0.29) is 31.5 Å². The second-order valence-electron chi connectivity index (χ2n) is 7.08. The molecule has 0 fully saturated rings. The lowest BCUT2D eigenvalue weighted by Crippen LogP contribution is -2.30. The number of hydrogen-bond acceptors (Lipinski definition) is 6. The van der Waals surface area contributed by atoms with E-state index in [0.29, 0.717) is 16.9 Å². The minimum Gasteiger partial charge on any atom is -0.308 e. The monoisotopic (exact) mass is 548 g/mol. The van der Waals surface area contributed by atoms with E-state index in [1.54, 1.807) is 11.5 Å². The molecule has 0 saturated heterocycles. The van der Waals surface area contributed by atoms with Gasteiger partial charge in [-0.25, -0.2) is 23.1 Å². The summed E-state index contributed by atoms with van der Waals surface area (Å²) in [6, 6.07) is 8.48. The number of hydrogen-bond donors (Lipinski definition) is 1. The van der Waals surface area contributed by atoms with Crippen molar-refractivity contribution < 1.29 is 26.4 Å². The molecule has 0 aliphatic carbocycles. The number of amides is 1. The Morgan fingerprint density at radius 2 is 1.85 bits per heavy atom. The number of pyridine rings is 1. The maximum atomic E-state index is 12.9. The van der Waals surface area contributed by atoms with Gasteiger partial charge in [0.05, 0.1) is 16.4 Å². The van der Waals surface area contributed by atoms with Crippen LogP contribution in [0.2, 0.25) is 9.36 Å². The molecular formula is C20H13Cl2F3N4O3S2. The molecule has 0 spiro atoms. The van der Waals surface area contributed by atoms with Gasteiger partial charge in [-0.05, 0) is 48.9 Å². The third kappa shape index (κ3) is 4.90. The fourth-order valence-electron chi connectivity index (χ4n) is 3.12. The lowest BCUT2D eigenvalue weighted by Gasteiger charge is -2.12. The number of halogens is 5. The van der Waals surface area contributed by atoms with Crippen molar-refractivity contribution in [3.8, 4) is 0 Å². The van der Waals surface area contributed by atoms with Gasteiger partial charge >= 0.3 is 6.18 Å². The first-order valence-electron chi connectivity index (χ1n) is 9.37. The van der Waals surface area contributed by atoms with Crippen molar-refractivity contribution in [1.29, 1.82) is 0 Å². The molecule has 14 heteroatoms. The van der Waals surface area contributed by atoms with Gasteiger partial charge in [0.1, 0.15) is 21.2 Å². The predicted octanol–water partition coefficient (Wildman–Crippen LogP) is 5.29. The summed E-state index contributed by atoms with van der Waals surface area (Å²) in [7, 11) is -4.15. The number of carbonyl (C=O) groups is 1. The highest BCUT2D eigenvalue weighted by atomic mass is 35.5. The van der Waals surface area contributed by atoms with Gasteiger partial charge in [-0.2, -0.15) is 13.2 Å². The summed E-state index contributed by atoms with van der Waals surface area (Å²) in [6.45, 7) is 1.69. The normalized spacial score (nSPS) is 12.3. The average Bonchev–Trinajstić information content (AvgIpc) is 3.31. The van der Waals surface area contributed by atoms with Crippen LogP contribution in [0.5, 0.6) is 0 Å². The minimum absolute atomic E-state index is 0.0311. The summed E-state index contributed by atoms with van der Waals surface area (Å²) in [6.07, 6.45) is -4.53. The van der Waals surface area contributed by atoms with Gasteiger partial charge < -0.3 is 4.57 Å². The molecule has 34 heavy (non-hydrogen) atoms. The number of nitrogens with zero attached hydrogens (tertiary/aromatic N) is 3. The molecule has 1 N–H and O–H groups in total. The van der Waals surface area contributed by atoms with E-state index >= 15 is 0 Å². The topological polar surface area (TPSA) is 93.9 Å². The second kappa shape index (κ2) is 8.84. The molecule has 178 valence electrons. The van der Waals surface area contributed by atoms with E-state index in [0.717, 1.165) is 23.5 Å². The van der Waals surface area contributed by atoms with Crippen LogP contribution in [-0.4, -0.2) is 28.9 Å². The smallest absolute Gasteiger partial charge is 0.308 e. The van der Waals surface area contributed by atoms with Crippen molar-refractivity contribution in [3.63, 3.8) is 0 Å². The summed E-state index contributed by atoms with van der Waals surface area (Å²) in [5.74, 6) is -0.499. The molecule has 4 aromatic rings. The van der Waals surface area contributed by atoms with Gasteiger partial charge in [-0.1, -0.05) is 29.3 Å². The Labute approximate surface area is 205 Å². The molecule has 7 nitrogen and oxygen atoms in total. The third-order valence-corrected chi connectivity index (χ3v) is 8.17. The number of alkyl halides is 3. The van der Waals surface area contributed by atoms with Crippen LogP contribution < -0.4 is 4.72 Å². The second-order valence-corrected chi connectivity index (χ2v) is 11.1. The van der Waals surface area contributed by atoms with Crippen molar-refractivity contribution in [1.82, 2.24) is 19.3 Å². The van der Waals surface area contributed by atoms with Crippen LogP contribution in [0, 0.1) is 6.92 Å². The first kappa shape index (κ1) is 24.5. The van der Waals surface area contributed by atoms with E-state index in [9.17, 15) is 26.4 Å².